The molecule has 3 heterocycles. The van der Waals surface area contributed by atoms with E-state index in [4.69, 9.17) is 14.9 Å². The number of carbonyl (C=O) groups excluding carboxylic acids is 2. The molecule has 35 heavy (non-hydrogen) atoms. The molecule has 2 aliphatic heterocycles. The Hall–Kier alpha value is -3.94. The molecular weight excluding hydrogens is 450 g/mol. The lowest BCUT2D eigenvalue weighted by molar-refractivity contribution is -0.130. The van der Waals surface area contributed by atoms with E-state index in [9.17, 15) is 19.6 Å². The number of fused-ring (bicyclic) bond motifs is 2. The van der Waals surface area contributed by atoms with E-state index in [0.717, 1.165) is 11.1 Å². The molecule has 180 valence electrons. The molecule has 10 nitrogen and oxygen atoms in total. The van der Waals surface area contributed by atoms with Gasteiger partial charge in [0.1, 0.15) is 6.04 Å². The van der Waals surface area contributed by atoms with Gasteiger partial charge in [-0.25, -0.2) is 4.79 Å². The maximum atomic E-state index is 13.1. The van der Waals surface area contributed by atoms with Gasteiger partial charge in [-0.3, -0.25) is 14.2 Å². The second kappa shape index (κ2) is 8.69. The average molecular weight is 476 g/mol. The van der Waals surface area contributed by atoms with Crippen molar-refractivity contribution in [3.8, 4) is 6.07 Å². The zero-order valence-electron chi connectivity index (χ0n) is 19.2. The lowest BCUT2D eigenvalue weighted by Crippen LogP contribution is -2.58. The van der Waals surface area contributed by atoms with E-state index in [-0.39, 0.29) is 11.8 Å². The number of amides is 2. The number of aryl methyl sites for hydroxylation is 1. The molecule has 3 N–H and O–H groups in total. The molecule has 0 aliphatic carbocycles. The molecular formula is C25H25N5O5. The van der Waals surface area contributed by atoms with Crippen LogP contribution in [0.3, 0.4) is 0 Å². The van der Waals surface area contributed by atoms with Gasteiger partial charge in [0, 0.05) is 37.9 Å². The normalized spacial score (nSPS) is 17.7. The molecule has 2 amide bonds. The standard InChI is InChI=1S/C25H25N5O5/c1-29-20-12-18(3-5-21(20)35-24(29)33)30-14-16-10-15(2-4-19(16)22(30)31)11-17(13-26)28-23(32)25(27)6-8-34-9-7-25/h2-5,10,12,17H,6-9,11,14,27H2,1H3,(H,28,32)/t17-/m0/s1. The van der Waals surface area contributed by atoms with Gasteiger partial charge in [0.2, 0.25) is 5.91 Å². The number of aromatic nitrogens is 1. The number of carbonyl (C=O) groups is 2. The third-order valence-electron chi connectivity index (χ3n) is 6.80. The Morgan fingerprint density at radius 2 is 2.00 bits per heavy atom. The summed E-state index contributed by atoms with van der Waals surface area (Å²) in [6.07, 6.45) is 1.11. The van der Waals surface area contributed by atoms with Crippen molar-refractivity contribution >= 4 is 28.6 Å². The van der Waals surface area contributed by atoms with Gasteiger partial charge in [0.15, 0.2) is 5.58 Å². The average Bonchev–Trinajstić information content (AvgIpc) is 3.33. The number of nitriles is 1. The largest absolute Gasteiger partial charge is 0.419 e. The lowest BCUT2D eigenvalue weighted by atomic mass is 9.90. The Labute approximate surface area is 200 Å². The second-order valence-electron chi connectivity index (χ2n) is 9.09. The number of rotatable bonds is 5. The topological polar surface area (TPSA) is 144 Å². The Morgan fingerprint density at radius 3 is 2.74 bits per heavy atom. The van der Waals surface area contributed by atoms with Crippen LogP contribution >= 0.6 is 0 Å². The van der Waals surface area contributed by atoms with Crippen LogP contribution in [0.1, 0.15) is 34.3 Å². The van der Waals surface area contributed by atoms with Crippen LogP contribution < -0.4 is 21.7 Å². The Balaban J connectivity index is 1.32. The first-order valence-corrected chi connectivity index (χ1v) is 11.4. The maximum absolute atomic E-state index is 13.1. The highest BCUT2D eigenvalue weighted by Crippen LogP contribution is 2.31. The van der Waals surface area contributed by atoms with Crippen LogP contribution in [0, 0.1) is 11.3 Å². The first kappa shape index (κ1) is 22.8. The number of ether oxygens (including phenoxy) is 1. The summed E-state index contributed by atoms with van der Waals surface area (Å²) in [6, 6.07) is 12.0. The molecule has 0 saturated carbocycles. The van der Waals surface area contributed by atoms with E-state index >= 15 is 0 Å². The fourth-order valence-electron chi connectivity index (χ4n) is 4.62. The van der Waals surface area contributed by atoms with Crippen molar-refractivity contribution in [3.63, 3.8) is 0 Å². The first-order valence-electron chi connectivity index (χ1n) is 11.4. The molecule has 0 unspecified atom stereocenters. The van der Waals surface area contributed by atoms with Gasteiger partial charge in [-0.05, 0) is 48.2 Å². The smallest absolute Gasteiger partial charge is 0.408 e. The number of anilines is 1. The van der Waals surface area contributed by atoms with E-state index in [1.54, 1.807) is 42.3 Å². The molecule has 10 heteroatoms. The third kappa shape index (κ3) is 4.09. The molecule has 2 aliphatic rings. The van der Waals surface area contributed by atoms with Gasteiger partial charge < -0.3 is 25.1 Å². The van der Waals surface area contributed by atoms with E-state index in [2.05, 4.69) is 11.4 Å². The zero-order valence-corrected chi connectivity index (χ0v) is 19.2. The van der Waals surface area contributed by atoms with Gasteiger partial charge in [-0.1, -0.05) is 12.1 Å². The summed E-state index contributed by atoms with van der Waals surface area (Å²) in [4.78, 5) is 39.2. The molecule has 1 atom stereocenters. The molecule has 1 aromatic heterocycles. The quantitative estimate of drug-likeness (QED) is 0.567. The third-order valence-corrected chi connectivity index (χ3v) is 6.80. The van der Waals surface area contributed by atoms with Crippen molar-refractivity contribution in [1.29, 1.82) is 5.26 Å². The molecule has 0 radical (unpaired) electrons. The Bertz CT molecular complexity index is 1430. The molecule has 3 aromatic rings. The number of oxazole rings is 1. The lowest BCUT2D eigenvalue weighted by Gasteiger charge is -2.32. The minimum absolute atomic E-state index is 0.144. The Kier molecular flexibility index (Phi) is 5.67. The molecule has 0 spiro atoms. The van der Waals surface area contributed by atoms with Crippen LogP contribution in [0.4, 0.5) is 5.69 Å². The van der Waals surface area contributed by atoms with Crippen LogP contribution in [-0.2, 0) is 29.5 Å². The highest BCUT2D eigenvalue weighted by molar-refractivity contribution is 6.10. The number of nitrogens with one attached hydrogen (secondary N) is 1. The summed E-state index contributed by atoms with van der Waals surface area (Å²) in [7, 11) is 1.61. The van der Waals surface area contributed by atoms with Gasteiger partial charge in [-0.15, -0.1) is 0 Å². The van der Waals surface area contributed by atoms with E-state index in [1.807, 2.05) is 6.07 Å². The maximum Gasteiger partial charge on any atom is 0.419 e. The Morgan fingerprint density at radius 1 is 1.23 bits per heavy atom. The van der Waals surface area contributed by atoms with Crippen molar-refractivity contribution in [2.24, 2.45) is 12.8 Å². The number of nitrogens with two attached hydrogens (primary N) is 1. The van der Waals surface area contributed by atoms with Crippen LogP contribution in [0.5, 0.6) is 0 Å². The highest BCUT2D eigenvalue weighted by Gasteiger charge is 2.37. The molecule has 5 rings (SSSR count). The van der Waals surface area contributed by atoms with Crippen molar-refractivity contribution in [3.05, 3.63) is 63.6 Å². The van der Waals surface area contributed by atoms with Crippen molar-refractivity contribution in [1.82, 2.24) is 9.88 Å². The van der Waals surface area contributed by atoms with Gasteiger partial charge >= 0.3 is 5.76 Å². The van der Waals surface area contributed by atoms with E-state index in [1.165, 1.54) is 4.57 Å². The minimum Gasteiger partial charge on any atom is -0.408 e. The van der Waals surface area contributed by atoms with E-state index < -0.39 is 17.3 Å². The number of hydrogen-bond acceptors (Lipinski definition) is 7. The SMILES string of the molecule is Cn1c(=O)oc2ccc(N3Cc4cc(C[C@@H](C#N)NC(=O)C5(N)CCOCC5)ccc4C3=O)cc21. The van der Waals surface area contributed by atoms with Crippen molar-refractivity contribution in [2.45, 2.75) is 37.4 Å². The molecule has 1 fully saturated rings. The summed E-state index contributed by atoms with van der Waals surface area (Å²) in [6.45, 7) is 1.19. The summed E-state index contributed by atoms with van der Waals surface area (Å²) >= 11 is 0. The highest BCUT2D eigenvalue weighted by atomic mass is 16.5. The summed E-state index contributed by atoms with van der Waals surface area (Å²) in [5, 5.41) is 12.4. The number of benzene rings is 2. The van der Waals surface area contributed by atoms with Crippen LogP contribution in [-0.4, -0.2) is 41.2 Å². The molecule has 1 saturated heterocycles. The summed E-state index contributed by atoms with van der Waals surface area (Å²) < 4.78 is 11.9. The van der Waals surface area contributed by atoms with Crippen LogP contribution in [0.2, 0.25) is 0 Å². The van der Waals surface area contributed by atoms with Crippen LogP contribution in [0.25, 0.3) is 11.1 Å². The molecule has 0 bridgehead atoms. The first-order chi connectivity index (χ1) is 16.8. The minimum atomic E-state index is -1.03. The fraction of sp³-hybridized carbons (Fsp3) is 0.360. The number of hydrogen-bond donors (Lipinski definition) is 2. The second-order valence-corrected chi connectivity index (χ2v) is 9.09. The molecule has 2 aromatic carbocycles. The zero-order chi connectivity index (χ0) is 24.7. The number of nitrogens with zero attached hydrogens (tertiary/aromatic N) is 3. The van der Waals surface area contributed by atoms with Crippen molar-refractivity contribution in [2.75, 3.05) is 18.1 Å². The van der Waals surface area contributed by atoms with Crippen LogP contribution in [0.15, 0.2) is 45.6 Å². The predicted molar refractivity (Wildman–Crippen MR) is 127 cm³/mol. The predicted octanol–water partition coefficient (Wildman–Crippen LogP) is 1.35. The summed E-state index contributed by atoms with van der Waals surface area (Å²) in [5.74, 6) is -0.956. The monoisotopic (exact) mass is 475 g/mol. The fourth-order valence-corrected chi connectivity index (χ4v) is 4.62. The van der Waals surface area contributed by atoms with Crippen molar-refractivity contribution < 1.29 is 18.7 Å². The summed E-state index contributed by atoms with van der Waals surface area (Å²) in [5.41, 5.74) is 9.16. The van der Waals surface area contributed by atoms with Gasteiger partial charge in [0.05, 0.1) is 23.7 Å². The van der Waals surface area contributed by atoms with E-state index in [0.29, 0.717) is 61.4 Å². The van der Waals surface area contributed by atoms with Gasteiger partial charge in [-0.2, -0.15) is 5.26 Å². The van der Waals surface area contributed by atoms with Gasteiger partial charge in [0.25, 0.3) is 5.91 Å².